The first-order chi connectivity index (χ1) is 18.2. The first-order valence-electron chi connectivity index (χ1n) is 13.5. The van der Waals surface area contributed by atoms with Gasteiger partial charge in [-0.25, -0.2) is 4.79 Å². The number of esters is 4. The van der Waals surface area contributed by atoms with Crippen LogP contribution in [0.5, 0.6) is 0 Å². The minimum atomic E-state index is -1.50. The predicted molar refractivity (Wildman–Crippen MR) is 133 cm³/mol. The summed E-state index contributed by atoms with van der Waals surface area (Å²) in [7, 11) is 1.31. The van der Waals surface area contributed by atoms with Crippen LogP contribution in [-0.2, 0) is 42.9 Å². The quantitative estimate of drug-likeness (QED) is 0.319. The van der Waals surface area contributed by atoms with Crippen molar-refractivity contribution in [2.75, 3.05) is 7.11 Å². The molecule has 2 saturated carbocycles. The van der Waals surface area contributed by atoms with Gasteiger partial charge in [0.2, 0.25) is 6.29 Å². The second-order valence-electron chi connectivity index (χ2n) is 12.6. The second-order valence-corrected chi connectivity index (χ2v) is 12.6. The number of hydrogen-bond acceptors (Lipinski definition) is 10. The lowest BCUT2D eigenvalue weighted by Crippen LogP contribution is -2.67. The van der Waals surface area contributed by atoms with Crippen LogP contribution in [0, 0.1) is 34.0 Å². The number of cyclic esters (lactones) is 2. The number of ketones is 1. The van der Waals surface area contributed by atoms with Crippen molar-refractivity contribution in [3.8, 4) is 0 Å². The van der Waals surface area contributed by atoms with E-state index in [0.717, 1.165) is 11.1 Å². The summed E-state index contributed by atoms with van der Waals surface area (Å²) in [5, 5.41) is 10.4. The summed E-state index contributed by atoms with van der Waals surface area (Å²) >= 11 is 0. The highest BCUT2D eigenvalue weighted by molar-refractivity contribution is 5.93. The van der Waals surface area contributed by atoms with Gasteiger partial charge in [-0.3, -0.25) is 19.2 Å². The molecule has 10 heteroatoms. The Bertz CT molecular complexity index is 1230. The van der Waals surface area contributed by atoms with E-state index < -0.39 is 70.5 Å². The molecule has 2 heterocycles. The number of fused-ring (bicyclic) bond motifs is 5. The molecule has 39 heavy (non-hydrogen) atoms. The van der Waals surface area contributed by atoms with Crippen molar-refractivity contribution in [2.45, 2.75) is 85.2 Å². The van der Waals surface area contributed by atoms with Gasteiger partial charge in [-0.05, 0) is 36.7 Å². The Morgan fingerprint density at radius 1 is 1.13 bits per heavy atom. The number of methoxy groups -OCH3 is 1. The molecular formula is C29H36O10. The lowest BCUT2D eigenvalue weighted by atomic mass is 9.40. The van der Waals surface area contributed by atoms with Gasteiger partial charge >= 0.3 is 23.9 Å². The van der Waals surface area contributed by atoms with Crippen molar-refractivity contribution in [1.29, 1.82) is 0 Å². The first kappa shape index (κ1) is 27.6. The summed E-state index contributed by atoms with van der Waals surface area (Å²) < 4.78 is 21.5. The average molecular weight is 545 g/mol. The number of aliphatic hydroxyl groups excluding tert-OH is 1. The van der Waals surface area contributed by atoms with Gasteiger partial charge in [-0.2, -0.15) is 0 Å². The second kappa shape index (κ2) is 9.01. The fraction of sp³-hybridized carbons (Fsp3) is 0.690. The van der Waals surface area contributed by atoms with E-state index in [2.05, 4.69) is 0 Å². The van der Waals surface area contributed by atoms with E-state index in [-0.39, 0.29) is 30.1 Å². The minimum Gasteiger partial charge on any atom is -0.469 e. The van der Waals surface area contributed by atoms with Crippen molar-refractivity contribution in [2.24, 2.45) is 34.0 Å². The van der Waals surface area contributed by atoms with E-state index in [1.165, 1.54) is 20.1 Å². The van der Waals surface area contributed by atoms with Crippen LogP contribution in [-0.4, -0.2) is 60.4 Å². The molecule has 5 rings (SSSR count). The summed E-state index contributed by atoms with van der Waals surface area (Å²) in [6.07, 6.45) is -0.594. The van der Waals surface area contributed by atoms with Crippen LogP contribution < -0.4 is 0 Å². The Hall–Kier alpha value is -3.01. The number of Topliss-reactive ketones (excluding diaryl/α,β-unsaturated/α-hetero) is 1. The molecular weight excluding hydrogens is 508 g/mol. The highest BCUT2D eigenvalue weighted by Crippen LogP contribution is 2.67. The number of allylic oxidation sites excluding steroid dienone is 1. The summed E-state index contributed by atoms with van der Waals surface area (Å²) in [6.45, 7) is 9.04. The third-order valence-corrected chi connectivity index (χ3v) is 10.3. The molecule has 0 amide bonds. The topological polar surface area (TPSA) is 142 Å². The molecule has 0 unspecified atom stereocenters. The van der Waals surface area contributed by atoms with Gasteiger partial charge in [0.25, 0.3) is 0 Å². The molecule has 3 fully saturated rings. The molecule has 0 aromatic heterocycles. The van der Waals surface area contributed by atoms with Crippen LogP contribution in [0.3, 0.4) is 0 Å². The van der Waals surface area contributed by atoms with Crippen LogP contribution in [0.2, 0.25) is 0 Å². The Balaban J connectivity index is 1.68. The van der Waals surface area contributed by atoms with E-state index in [1.807, 2.05) is 27.7 Å². The molecule has 1 saturated heterocycles. The van der Waals surface area contributed by atoms with Crippen LogP contribution in [0.25, 0.3) is 0 Å². The maximum Gasteiger partial charge on any atom is 0.333 e. The lowest BCUT2D eigenvalue weighted by Gasteiger charge is -2.63. The molecule has 3 aliphatic carbocycles. The normalized spacial score (nSPS) is 40.6. The summed E-state index contributed by atoms with van der Waals surface area (Å²) in [5.41, 5.74) is -0.449. The van der Waals surface area contributed by atoms with E-state index >= 15 is 0 Å². The standard InChI is InChI=1S/C29H36O10/c1-13(30)37-24-15-9-14-17(29(5,23(15)34)19(27(24,2)3)12-20(31)36-6)7-8-28(4)18(14)11-22(33)38-25(28)16-10-21(32)39-26(16)35/h10,15,17,19,24-26,35H,7-9,11-12H2,1-6H3/t15-,17-,19+,24-,25+,26-,28-,29-/m1/s1. The van der Waals surface area contributed by atoms with Crippen molar-refractivity contribution in [1.82, 2.24) is 0 Å². The lowest BCUT2D eigenvalue weighted by molar-refractivity contribution is -0.197. The molecule has 212 valence electrons. The first-order valence-corrected chi connectivity index (χ1v) is 13.5. The van der Waals surface area contributed by atoms with Crippen molar-refractivity contribution < 1.29 is 48.0 Å². The van der Waals surface area contributed by atoms with Crippen LogP contribution in [0.15, 0.2) is 22.8 Å². The Kier molecular flexibility index (Phi) is 6.36. The average Bonchev–Trinajstić information content (AvgIpc) is 3.19. The highest BCUT2D eigenvalue weighted by Gasteiger charge is 2.69. The molecule has 0 spiro atoms. The van der Waals surface area contributed by atoms with E-state index in [1.54, 1.807) is 0 Å². The summed E-state index contributed by atoms with van der Waals surface area (Å²) in [5.74, 6) is -3.59. The minimum absolute atomic E-state index is 0.0112. The van der Waals surface area contributed by atoms with E-state index in [4.69, 9.17) is 18.9 Å². The smallest absolute Gasteiger partial charge is 0.333 e. The fourth-order valence-corrected chi connectivity index (χ4v) is 8.57. The Morgan fingerprint density at radius 2 is 1.82 bits per heavy atom. The van der Waals surface area contributed by atoms with Crippen LogP contribution in [0.1, 0.15) is 66.7 Å². The number of carbonyl (C=O) groups excluding carboxylic acids is 5. The molecule has 0 aromatic carbocycles. The predicted octanol–water partition coefficient (Wildman–Crippen LogP) is 2.56. The maximum absolute atomic E-state index is 14.2. The molecule has 0 aromatic rings. The van der Waals surface area contributed by atoms with Crippen LogP contribution in [0.4, 0.5) is 0 Å². The van der Waals surface area contributed by atoms with Gasteiger partial charge in [-0.15, -0.1) is 0 Å². The number of hydrogen-bond donors (Lipinski definition) is 1. The highest BCUT2D eigenvalue weighted by atomic mass is 16.6. The molecule has 0 radical (unpaired) electrons. The number of rotatable bonds is 4. The van der Waals surface area contributed by atoms with Gasteiger partial charge in [0.15, 0.2) is 0 Å². The molecule has 10 nitrogen and oxygen atoms in total. The van der Waals surface area contributed by atoms with Gasteiger partial charge in [0.05, 0.1) is 19.4 Å². The van der Waals surface area contributed by atoms with Crippen molar-refractivity contribution in [3.63, 3.8) is 0 Å². The third kappa shape index (κ3) is 3.89. The zero-order valence-electron chi connectivity index (χ0n) is 23.2. The van der Waals surface area contributed by atoms with Crippen molar-refractivity contribution >= 4 is 29.7 Å². The number of carbonyl (C=O) groups is 5. The SMILES string of the molecule is COC(=O)C[C@H]1C(C)(C)[C@H](OC(C)=O)[C@@H]2CC3=C4CC(=O)O[C@@H](C5=CC(=O)O[C@H]5O)[C@]4(C)CC[C@H]3[C@@]1(C)C2=O. The van der Waals surface area contributed by atoms with Crippen LogP contribution >= 0.6 is 0 Å². The summed E-state index contributed by atoms with van der Waals surface area (Å²) in [6, 6.07) is 0. The van der Waals surface area contributed by atoms with E-state index in [0.29, 0.717) is 19.3 Å². The molecule has 1 N–H and O–H groups in total. The van der Waals surface area contributed by atoms with Gasteiger partial charge < -0.3 is 24.1 Å². The monoisotopic (exact) mass is 544 g/mol. The molecule has 5 aliphatic rings. The Morgan fingerprint density at radius 3 is 2.41 bits per heavy atom. The van der Waals surface area contributed by atoms with Gasteiger partial charge in [0, 0.05) is 41.2 Å². The molecule has 2 bridgehead atoms. The van der Waals surface area contributed by atoms with E-state index in [9.17, 15) is 29.1 Å². The zero-order chi connectivity index (χ0) is 28.7. The van der Waals surface area contributed by atoms with Gasteiger partial charge in [0.1, 0.15) is 18.0 Å². The number of ether oxygens (including phenoxy) is 4. The van der Waals surface area contributed by atoms with Gasteiger partial charge in [-0.1, -0.05) is 33.3 Å². The molecule has 8 atom stereocenters. The third-order valence-electron chi connectivity index (χ3n) is 10.3. The Labute approximate surface area is 227 Å². The van der Waals surface area contributed by atoms with Crippen molar-refractivity contribution in [3.05, 3.63) is 22.8 Å². The fourth-order valence-electron chi connectivity index (χ4n) is 8.57. The molecule has 2 aliphatic heterocycles. The maximum atomic E-state index is 14.2. The zero-order valence-corrected chi connectivity index (χ0v) is 23.2. The largest absolute Gasteiger partial charge is 0.469 e. The summed E-state index contributed by atoms with van der Waals surface area (Å²) in [4.78, 5) is 64.0. The number of aliphatic hydroxyl groups is 1.